The fourth-order valence-corrected chi connectivity index (χ4v) is 7.78. The first-order valence-electron chi connectivity index (χ1n) is 13.1. The molecule has 0 saturated heterocycles. The van der Waals surface area contributed by atoms with Crippen LogP contribution in [0, 0.1) is 29.1 Å². The van der Waals surface area contributed by atoms with Crippen LogP contribution < -0.4 is 0 Å². The normalized spacial score (nSPS) is 42.2. The van der Waals surface area contributed by atoms with E-state index < -0.39 is 69.7 Å². The summed E-state index contributed by atoms with van der Waals surface area (Å²) < 4.78 is 12.0. The molecule has 2 saturated carbocycles. The Morgan fingerprint density at radius 3 is 2.42 bits per heavy atom. The molecule has 4 rings (SSSR count). The second-order valence-electron chi connectivity index (χ2n) is 11.9. The fourth-order valence-electron chi connectivity index (χ4n) is 7.78. The molecule has 0 aromatic heterocycles. The number of ketones is 1. The van der Waals surface area contributed by atoms with Crippen LogP contribution in [-0.2, 0) is 23.9 Å². The van der Waals surface area contributed by atoms with E-state index >= 15 is 0 Å². The van der Waals surface area contributed by atoms with Crippen LogP contribution in [0.15, 0.2) is 23.3 Å². The molecule has 4 aliphatic rings. The van der Waals surface area contributed by atoms with Crippen LogP contribution in [0.5, 0.6) is 0 Å². The van der Waals surface area contributed by atoms with Crippen molar-refractivity contribution in [2.45, 2.75) is 96.6 Å². The van der Waals surface area contributed by atoms with Crippen LogP contribution in [0.2, 0.25) is 0 Å². The van der Waals surface area contributed by atoms with Gasteiger partial charge in [-0.3, -0.25) is 14.4 Å². The molecule has 0 aromatic rings. The summed E-state index contributed by atoms with van der Waals surface area (Å²) in [6.07, 6.45) is 4.98. The van der Waals surface area contributed by atoms with Gasteiger partial charge in [-0.2, -0.15) is 0 Å². The van der Waals surface area contributed by atoms with E-state index in [1.165, 1.54) is 6.92 Å². The van der Waals surface area contributed by atoms with Gasteiger partial charge in [-0.25, -0.2) is 0 Å². The molecule has 36 heavy (non-hydrogen) atoms. The van der Waals surface area contributed by atoms with Gasteiger partial charge >= 0.3 is 11.9 Å². The van der Waals surface area contributed by atoms with Crippen molar-refractivity contribution in [3.63, 3.8) is 0 Å². The highest BCUT2D eigenvalue weighted by molar-refractivity contribution is 6.04. The smallest absolute Gasteiger partial charge is 0.306 e. The van der Waals surface area contributed by atoms with Crippen molar-refractivity contribution in [1.29, 1.82) is 0 Å². The van der Waals surface area contributed by atoms with E-state index in [1.807, 2.05) is 20.8 Å². The number of esters is 2. The number of unbranched alkanes of at least 4 members (excludes halogenated alkanes) is 2. The monoisotopic (exact) mass is 504 g/mol. The maximum Gasteiger partial charge on any atom is 0.306 e. The Labute approximate surface area is 212 Å². The molecule has 8 heteroatoms. The number of hydrogen-bond acceptors (Lipinski definition) is 8. The number of carbonyl (C=O) groups excluding carboxylic acids is 3. The number of fused-ring (bicyclic) bond motifs is 5. The zero-order valence-corrected chi connectivity index (χ0v) is 22.2. The van der Waals surface area contributed by atoms with Crippen LogP contribution in [0.1, 0.15) is 73.6 Å². The molecule has 0 aromatic carbocycles. The number of carbonyl (C=O) groups is 3. The largest absolute Gasteiger partial charge is 0.458 e. The lowest BCUT2D eigenvalue weighted by molar-refractivity contribution is -0.228. The van der Waals surface area contributed by atoms with E-state index in [1.54, 1.807) is 26.0 Å². The van der Waals surface area contributed by atoms with Crippen LogP contribution in [0.4, 0.5) is 0 Å². The number of aliphatic hydroxyl groups excluding tert-OH is 1. The summed E-state index contributed by atoms with van der Waals surface area (Å²) in [5, 5.41) is 34.4. The zero-order chi connectivity index (χ0) is 26.8. The average molecular weight is 505 g/mol. The summed E-state index contributed by atoms with van der Waals surface area (Å²) in [6, 6.07) is 0. The highest BCUT2D eigenvalue weighted by atomic mass is 16.6. The average Bonchev–Trinajstić information content (AvgIpc) is 3.22. The molecule has 0 radical (unpaired) electrons. The lowest BCUT2D eigenvalue weighted by Gasteiger charge is -2.53. The fraction of sp³-hybridized carbons (Fsp3) is 0.750. The molecule has 3 N–H and O–H groups in total. The van der Waals surface area contributed by atoms with Crippen molar-refractivity contribution < 1.29 is 39.2 Å². The van der Waals surface area contributed by atoms with Gasteiger partial charge in [0.2, 0.25) is 0 Å². The molecule has 8 nitrogen and oxygen atoms in total. The van der Waals surface area contributed by atoms with Crippen LogP contribution in [-0.4, -0.2) is 62.6 Å². The Morgan fingerprint density at radius 2 is 1.83 bits per heavy atom. The predicted octanol–water partition coefficient (Wildman–Crippen LogP) is 2.63. The Kier molecular flexibility index (Phi) is 6.59. The van der Waals surface area contributed by atoms with Gasteiger partial charge in [-0.05, 0) is 24.5 Å². The molecule has 0 heterocycles. The van der Waals surface area contributed by atoms with Crippen molar-refractivity contribution >= 4 is 17.7 Å². The first-order valence-corrected chi connectivity index (χ1v) is 13.1. The van der Waals surface area contributed by atoms with Crippen molar-refractivity contribution in [1.82, 2.24) is 0 Å². The summed E-state index contributed by atoms with van der Waals surface area (Å²) >= 11 is 0. The molecule has 0 amide bonds. The zero-order valence-electron chi connectivity index (χ0n) is 22.2. The van der Waals surface area contributed by atoms with Gasteiger partial charge in [-0.15, -0.1) is 0 Å². The van der Waals surface area contributed by atoms with Gasteiger partial charge in [0.15, 0.2) is 11.4 Å². The minimum Gasteiger partial charge on any atom is -0.458 e. The molecule has 8 unspecified atom stereocenters. The van der Waals surface area contributed by atoms with E-state index in [0.29, 0.717) is 17.6 Å². The maximum absolute atomic E-state index is 13.1. The van der Waals surface area contributed by atoms with Gasteiger partial charge in [0.1, 0.15) is 11.7 Å². The van der Waals surface area contributed by atoms with E-state index in [0.717, 1.165) is 12.8 Å². The first-order chi connectivity index (χ1) is 16.7. The standard InChI is InChI=1S/C28H40O8/c1-7-8-9-10-21(31)35-24-16(3)27(34)19(22-25(5,6)28(22,24)36-17(4)30)12-18(14-29)13-26(33)20(27)11-15(2)23(26)32/h11-12,16,19-20,22,24,29,33-34H,7-10,13-14H2,1-6H3. The van der Waals surface area contributed by atoms with Crippen molar-refractivity contribution in [3.8, 4) is 0 Å². The van der Waals surface area contributed by atoms with Crippen LogP contribution in [0.3, 0.4) is 0 Å². The Bertz CT molecular complexity index is 1030. The minimum atomic E-state index is -1.92. The third-order valence-corrected chi connectivity index (χ3v) is 9.51. The number of aliphatic hydroxyl groups is 3. The number of hydrogen-bond donors (Lipinski definition) is 3. The number of Topliss-reactive ketones (excluding diaryl/α,β-unsaturated/α-hetero) is 1. The summed E-state index contributed by atoms with van der Waals surface area (Å²) in [5.74, 6) is -4.32. The predicted molar refractivity (Wildman–Crippen MR) is 130 cm³/mol. The van der Waals surface area contributed by atoms with Gasteiger partial charge in [-0.1, -0.05) is 52.7 Å². The Morgan fingerprint density at radius 1 is 1.17 bits per heavy atom. The molecule has 0 aliphatic heterocycles. The molecule has 0 spiro atoms. The van der Waals surface area contributed by atoms with E-state index in [2.05, 4.69) is 0 Å². The minimum absolute atomic E-state index is 0.110. The van der Waals surface area contributed by atoms with Gasteiger partial charge in [0.05, 0.1) is 12.2 Å². The SMILES string of the molecule is CCCCCC(=O)OC1C(C)C2(O)C(C=C(CO)CC3(O)C(=O)C(C)=CC32)C2C(C)(C)C12OC(C)=O. The molecular formula is C28H40O8. The summed E-state index contributed by atoms with van der Waals surface area (Å²) in [5.41, 5.74) is -4.70. The second-order valence-corrected chi connectivity index (χ2v) is 11.9. The maximum atomic E-state index is 13.1. The van der Waals surface area contributed by atoms with Gasteiger partial charge in [0.25, 0.3) is 0 Å². The third-order valence-electron chi connectivity index (χ3n) is 9.51. The topological polar surface area (TPSA) is 130 Å². The molecule has 2 fully saturated rings. The quantitative estimate of drug-likeness (QED) is 0.274. The third kappa shape index (κ3) is 3.47. The van der Waals surface area contributed by atoms with Gasteiger partial charge in [0, 0.05) is 48.9 Å². The van der Waals surface area contributed by atoms with Crippen LogP contribution >= 0.6 is 0 Å². The van der Waals surface area contributed by atoms with E-state index in [4.69, 9.17) is 9.47 Å². The number of ether oxygens (including phenoxy) is 2. The lowest BCUT2D eigenvalue weighted by Crippen LogP contribution is -2.66. The number of rotatable bonds is 7. The van der Waals surface area contributed by atoms with Crippen LogP contribution in [0.25, 0.3) is 0 Å². The van der Waals surface area contributed by atoms with E-state index in [-0.39, 0.29) is 19.4 Å². The van der Waals surface area contributed by atoms with Crippen molar-refractivity contribution in [2.24, 2.45) is 29.1 Å². The summed E-state index contributed by atoms with van der Waals surface area (Å²) in [7, 11) is 0. The van der Waals surface area contributed by atoms with Gasteiger partial charge < -0.3 is 24.8 Å². The van der Waals surface area contributed by atoms with Crippen molar-refractivity contribution in [2.75, 3.05) is 6.61 Å². The Balaban J connectivity index is 1.87. The molecule has 0 bridgehead atoms. The molecule has 200 valence electrons. The molecule has 8 atom stereocenters. The summed E-state index contributed by atoms with van der Waals surface area (Å²) in [6.45, 7) is 10.1. The highest BCUT2D eigenvalue weighted by Crippen LogP contribution is 2.77. The second kappa shape index (κ2) is 8.77. The lowest BCUT2D eigenvalue weighted by atomic mass is 9.59. The van der Waals surface area contributed by atoms with E-state index in [9.17, 15) is 29.7 Å². The Hall–Kier alpha value is -2.03. The summed E-state index contributed by atoms with van der Waals surface area (Å²) in [4.78, 5) is 38.4. The first kappa shape index (κ1) is 27.0. The highest BCUT2D eigenvalue weighted by Gasteiger charge is 2.87. The molecular weight excluding hydrogens is 464 g/mol. The molecule has 4 aliphatic carbocycles. The van der Waals surface area contributed by atoms with Crippen molar-refractivity contribution in [3.05, 3.63) is 23.3 Å².